The van der Waals surface area contributed by atoms with E-state index in [1.54, 1.807) is 10.9 Å². The number of hydrogen-bond donors (Lipinski definition) is 1. The van der Waals surface area contributed by atoms with Crippen LogP contribution < -0.4 is 0 Å². The maximum absolute atomic E-state index is 5.88. The van der Waals surface area contributed by atoms with E-state index in [1.807, 2.05) is 55.5 Å². The van der Waals surface area contributed by atoms with Crippen molar-refractivity contribution in [3.05, 3.63) is 69.5 Å². The molecule has 0 fully saturated rings. The Balaban J connectivity index is 1.99. The van der Waals surface area contributed by atoms with Gasteiger partial charge < -0.3 is 0 Å². The van der Waals surface area contributed by atoms with Crippen LogP contribution in [0.15, 0.2) is 53.6 Å². The van der Waals surface area contributed by atoms with Gasteiger partial charge in [0.1, 0.15) is 0 Å². The zero-order valence-corrected chi connectivity index (χ0v) is 13.4. The molecule has 1 heterocycles. The third kappa shape index (κ3) is 3.16. The second kappa shape index (κ2) is 6.25. The topological polar surface area (TPSA) is 46.0 Å². The molecule has 0 saturated heterocycles. The molecule has 0 bridgehead atoms. The summed E-state index contributed by atoms with van der Waals surface area (Å²) in [6.45, 7) is 2.03. The Hall–Kier alpha value is -2.24. The summed E-state index contributed by atoms with van der Waals surface area (Å²) in [6, 6.07) is 15.5. The van der Waals surface area contributed by atoms with E-state index in [1.165, 1.54) is 0 Å². The first-order valence-corrected chi connectivity index (χ1v) is 7.46. The summed E-state index contributed by atoms with van der Waals surface area (Å²) in [4.78, 5) is 0. The third-order valence-corrected chi connectivity index (χ3v) is 3.64. The minimum atomic E-state index is 0.446. The number of hydrogen-bond acceptors (Lipinski definition) is 3. The lowest BCUT2D eigenvalue weighted by Gasteiger charge is -2.02. The quantitative estimate of drug-likeness (QED) is 0.570. The number of H-pyrrole nitrogens is 1. The van der Waals surface area contributed by atoms with E-state index >= 15 is 0 Å². The van der Waals surface area contributed by atoms with E-state index in [9.17, 15) is 0 Å². The molecule has 0 saturated carbocycles. The average Bonchev–Trinajstić information content (AvgIpc) is 2.88. The van der Waals surface area contributed by atoms with Crippen LogP contribution in [0.25, 0.3) is 11.4 Å². The van der Waals surface area contributed by atoms with Crippen molar-refractivity contribution >= 4 is 30.0 Å². The van der Waals surface area contributed by atoms with Crippen molar-refractivity contribution < 1.29 is 0 Å². The second-order valence-electron chi connectivity index (χ2n) is 4.83. The highest BCUT2D eigenvalue weighted by atomic mass is 35.5. The highest BCUT2D eigenvalue weighted by Gasteiger charge is 2.07. The van der Waals surface area contributed by atoms with E-state index in [-0.39, 0.29) is 0 Å². The van der Waals surface area contributed by atoms with Gasteiger partial charge in [0.2, 0.25) is 4.77 Å². The molecule has 3 rings (SSSR count). The molecular weight excluding hydrogens is 316 g/mol. The SMILES string of the molecule is Cc1cccc(-c2n[nH]c(=S)n2N=Cc2ccc(Cl)cc2)c1. The Labute approximate surface area is 138 Å². The molecule has 0 atom stereocenters. The van der Waals surface area contributed by atoms with Gasteiger partial charge >= 0.3 is 0 Å². The van der Waals surface area contributed by atoms with E-state index in [0.717, 1.165) is 16.7 Å². The van der Waals surface area contributed by atoms with Crippen LogP contribution in [0.2, 0.25) is 5.02 Å². The lowest BCUT2D eigenvalue weighted by atomic mass is 10.1. The summed E-state index contributed by atoms with van der Waals surface area (Å²) in [5, 5.41) is 12.2. The van der Waals surface area contributed by atoms with Crippen molar-refractivity contribution in [3.63, 3.8) is 0 Å². The molecule has 1 N–H and O–H groups in total. The van der Waals surface area contributed by atoms with Crippen LogP contribution >= 0.6 is 23.8 Å². The van der Waals surface area contributed by atoms with Crippen LogP contribution in [-0.4, -0.2) is 21.1 Å². The number of rotatable bonds is 3. The van der Waals surface area contributed by atoms with E-state index in [0.29, 0.717) is 15.6 Å². The van der Waals surface area contributed by atoms with E-state index in [2.05, 4.69) is 15.3 Å². The van der Waals surface area contributed by atoms with Crippen LogP contribution in [0.1, 0.15) is 11.1 Å². The first-order valence-electron chi connectivity index (χ1n) is 6.68. The number of nitrogens with zero attached hydrogens (tertiary/aromatic N) is 3. The monoisotopic (exact) mass is 328 g/mol. The van der Waals surface area contributed by atoms with Gasteiger partial charge in [-0.1, -0.05) is 47.5 Å². The van der Waals surface area contributed by atoms with Crippen molar-refractivity contribution in [3.8, 4) is 11.4 Å². The number of nitrogens with one attached hydrogen (secondary N) is 1. The fourth-order valence-electron chi connectivity index (χ4n) is 2.04. The molecule has 22 heavy (non-hydrogen) atoms. The zero-order chi connectivity index (χ0) is 15.5. The molecule has 0 radical (unpaired) electrons. The molecule has 3 aromatic rings. The van der Waals surface area contributed by atoms with Gasteiger partial charge in [0, 0.05) is 10.6 Å². The second-order valence-corrected chi connectivity index (χ2v) is 5.65. The number of aryl methyl sites for hydroxylation is 1. The first kappa shape index (κ1) is 14.7. The Morgan fingerprint density at radius 1 is 1.23 bits per heavy atom. The molecule has 0 unspecified atom stereocenters. The van der Waals surface area contributed by atoms with Gasteiger partial charge in [0.25, 0.3) is 0 Å². The standard InChI is InChI=1S/C16H13ClN4S/c1-11-3-2-4-13(9-11)15-19-20-16(22)21(15)18-10-12-5-7-14(17)8-6-12/h2-10H,1H3,(H,20,22). The van der Waals surface area contributed by atoms with Gasteiger partial charge in [-0.3, -0.25) is 0 Å². The highest BCUT2D eigenvalue weighted by molar-refractivity contribution is 7.71. The fourth-order valence-corrected chi connectivity index (χ4v) is 2.35. The molecular formula is C16H13ClN4S. The summed E-state index contributed by atoms with van der Waals surface area (Å²) in [5.41, 5.74) is 3.04. The molecule has 1 aromatic heterocycles. The summed E-state index contributed by atoms with van der Waals surface area (Å²) in [6.07, 6.45) is 1.72. The summed E-state index contributed by atoms with van der Waals surface area (Å²) >= 11 is 11.1. The lowest BCUT2D eigenvalue weighted by molar-refractivity contribution is 0.871. The lowest BCUT2D eigenvalue weighted by Crippen LogP contribution is -1.95. The normalized spacial score (nSPS) is 11.2. The molecule has 0 amide bonds. The Morgan fingerprint density at radius 3 is 2.73 bits per heavy atom. The number of halogens is 1. The van der Waals surface area contributed by atoms with Crippen LogP contribution in [0.3, 0.4) is 0 Å². The summed E-state index contributed by atoms with van der Waals surface area (Å²) < 4.78 is 2.06. The minimum Gasteiger partial charge on any atom is -0.250 e. The minimum absolute atomic E-state index is 0.446. The van der Waals surface area contributed by atoms with E-state index in [4.69, 9.17) is 23.8 Å². The Kier molecular flexibility index (Phi) is 4.18. The molecule has 0 spiro atoms. The highest BCUT2D eigenvalue weighted by Crippen LogP contribution is 2.18. The smallest absolute Gasteiger partial charge is 0.216 e. The van der Waals surface area contributed by atoms with Crippen LogP contribution in [-0.2, 0) is 0 Å². The number of aromatic amines is 1. The van der Waals surface area contributed by atoms with Crippen LogP contribution in [0.5, 0.6) is 0 Å². The first-order chi connectivity index (χ1) is 10.6. The maximum atomic E-state index is 5.88. The van der Waals surface area contributed by atoms with Gasteiger partial charge in [0.15, 0.2) is 5.82 Å². The molecule has 110 valence electrons. The average molecular weight is 329 g/mol. The predicted molar refractivity (Wildman–Crippen MR) is 92.0 cm³/mol. The molecule has 0 aliphatic heterocycles. The van der Waals surface area contributed by atoms with Crippen molar-refractivity contribution in [2.45, 2.75) is 6.92 Å². The van der Waals surface area contributed by atoms with E-state index < -0.39 is 0 Å². The summed E-state index contributed by atoms with van der Waals surface area (Å²) in [5.74, 6) is 0.680. The third-order valence-electron chi connectivity index (χ3n) is 3.12. The number of aromatic nitrogens is 3. The molecule has 0 aliphatic carbocycles. The number of benzene rings is 2. The Bertz CT molecular complexity index is 878. The molecule has 0 aliphatic rings. The summed E-state index contributed by atoms with van der Waals surface area (Å²) in [7, 11) is 0. The van der Waals surface area contributed by atoms with Crippen molar-refractivity contribution in [2.75, 3.05) is 0 Å². The van der Waals surface area contributed by atoms with Gasteiger partial charge in [-0.25, -0.2) is 5.10 Å². The van der Waals surface area contributed by atoms with Crippen molar-refractivity contribution in [1.29, 1.82) is 0 Å². The van der Waals surface area contributed by atoms with Gasteiger partial charge in [-0.05, 0) is 42.9 Å². The zero-order valence-electron chi connectivity index (χ0n) is 11.8. The van der Waals surface area contributed by atoms with Gasteiger partial charge in [-0.2, -0.15) is 14.9 Å². The maximum Gasteiger partial charge on any atom is 0.216 e. The van der Waals surface area contributed by atoms with Crippen LogP contribution in [0.4, 0.5) is 0 Å². The molecule has 2 aromatic carbocycles. The largest absolute Gasteiger partial charge is 0.250 e. The molecule has 6 heteroatoms. The Morgan fingerprint density at radius 2 is 2.00 bits per heavy atom. The van der Waals surface area contributed by atoms with Gasteiger partial charge in [0.05, 0.1) is 6.21 Å². The predicted octanol–water partition coefficient (Wildman–Crippen LogP) is 4.45. The van der Waals surface area contributed by atoms with Crippen LogP contribution in [0, 0.1) is 11.7 Å². The van der Waals surface area contributed by atoms with Crippen molar-refractivity contribution in [2.24, 2.45) is 5.10 Å². The fraction of sp³-hybridized carbons (Fsp3) is 0.0625. The van der Waals surface area contributed by atoms with Crippen molar-refractivity contribution in [1.82, 2.24) is 14.9 Å². The van der Waals surface area contributed by atoms with Gasteiger partial charge in [-0.15, -0.1) is 0 Å². The molecule has 4 nitrogen and oxygen atoms in total.